The first-order chi connectivity index (χ1) is 15.3. The largest absolute Gasteiger partial charge is 0.481 e. The highest BCUT2D eigenvalue weighted by Crippen LogP contribution is 2.27. The fourth-order valence-electron chi connectivity index (χ4n) is 3.85. The third kappa shape index (κ3) is 4.95. The van der Waals surface area contributed by atoms with Gasteiger partial charge in [0.15, 0.2) is 0 Å². The molecule has 2 N–H and O–H groups in total. The molecule has 2 heterocycles. The number of aromatic nitrogens is 2. The summed E-state index contributed by atoms with van der Waals surface area (Å²) in [7, 11) is 1.51. The summed E-state index contributed by atoms with van der Waals surface area (Å²) in [5.74, 6) is -0.956. The van der Waals surface area contributed by atoms with Crippen LogP contribution in [0.25, 0.3) is 11.0 Å². The molecule has 0 aliphatic heterocycles. The Hall–Kier alpha value is -2.90. The van der Waals surface area contributed by atoms with Crippen LogP contribution in [-0.2, 0) is 12.8 Å². The van der Waals surface area contributed by atoms with Crippen LogP contribution in [0.1, 0.15) is 47.8 Å². The summed E-state index contributed by atoms with van der Waals surface area (Å²) in [6, 6.07) is 8.86. The smallest absolute Gasteiger partial charge is 0.341 e. The number of halogens is 1. The molecule has 3 aromatic rings. The van der Waals surface area contributed by atoms with Crippen LogP contribution in [0.2, 0.25) is 5.02 Å². The van der Waals surface area contributed by atoms with Gasteiger partial charge in [0.1, 0.15) is 11.2 Å². The number of hydrogen-bond acceptors (Lipinski definition) is 5. The molecule has 0 aliphatic carbocycles. The van der Waals surface area contributed by atoms with E-state index in [0.717, 1.165) is 24.0 Å². The van der Waals surface area contributed by atoms with Crippen LogP contribution in [0.4, 0.5) is 0 Å². The third-order valence-electron chi connectivity index (χ3n) is 5.58. The Balaban J connectivity index is 2.08. The molecule has 1 atom stereocenters. The molecule has 1 aromatic carbocycles. The van der Waals surface area contributed by atoms with Gasteiger partial charge in [0.2, 0.25) is 11.3 Å². The molecular weight excluding hydrogens is 432 g/mol. The number of aliphatic hydroxyl groups is 1. The fraction of sp³-hybridized carbons (Fsp3) is 0.375. The molecule has 0 amide bonds. The molecule has 170 valence electrons. The minimum atomic E-state index is -1.32. The van der Waals surface area contributed by atoms with Crippen LogP contribution in [0.5, 0.6) is 5.88 Å². The molecule has 0 saturated carbocycles. The average molecular weight is 459 g/mol. The normalized spacial score (nSPS) is 12.3. The summed E-state index contributed by atoms with van der Waals surface area (Å²) in [6.07, 6.45) is 3.39. The summed E-state index contributed by atoms with van der Waals surface area (Å²) < 4.78 is 7.07. The van der Waals surface area contributed by atoms with E-state index in [2.05, 4.69) is 4.98 Å². The van der Waals surface area contributed by atoms with E-state index in [0.29, 0.717) is 23.0 Å². The number of benzene rings is 1. The Kier molecular flexibility index (Phi) is 7.53. The summed E-state index contributed by atoms with van der Waals surface area (Å²) in [6.45, 7) is 3.60. The fourth-order valence-corrected chi connectivity index (χ4v) is 4.07. The minimum absolute atomic E-state index is 0.0162. The zero-order valence-electron chi connectivity index (χ0n) is 18.3. The summed E-state index contributed by atoms with van der Waals surface area (Å²) >= 11 is 6.05. The lowest BCUT2D eigenvalue weighted by molar-refractivity contribution is 0.0694. The van der Waals surface area contributed by atoms with Gasteiger partial charge in [0.05, 0.1) is 25.1 Å². The summed E-state index contributed by atoms with van der Waals surface area (Å²) in [4.78, 5) is 29.2. The number of aliphatic hydroxyl groups excluding tert-OH is 1. The number of rotatable bonds is 9. The number of methoxy groups -OCH3 is 1. The van der Waals surface area contributed by atoms with Crippen molar-refractivity contribution in [2.45, 2.75) is 39.2 Å². The van der Waals surface area contributed by atoms with Gasteiger partial charge in [0, 0.05) is 16.8 Å². The van der Waals surface area contributed by atoms with Crippen molar-refractivity contribution in [1.82, 2.24) is 9.55 Å². The first-order valence-corrected chi connectivity index (χ1v) is 10.9. The number of carboxylic acids is 1. The van der Waals surface area contributed by atoms with Crippen molar-refractivity contribution in [1.29, 1.82) is 0 Å². The average Bonchev–Trinajstić information content (AvgIpc) is 2.75. The highest BCUT2D eigenvalue weighted by molar-refractivity contribution is 6.30. The molecule has 0 unspecified atom stereocenters. The lowest BCUT2D eigenvalue weighted by Gasteiger charge is -2.24. The predicted octanol–water partition coefficient (Wildman–Crippen LogP) is 4.12. The summed E-state index contributed by atoms with van der Waals surface area (Å²) in [5.41, 5.74) is 1.16. The van der Waals surface area contributed by atoms with Crippen LogP contribution >= 0.6 is 11.6 Å². The number of aromatic carboxylic acids is 1. The second kappa shape index (κ2) is 10.1. The van der Waals surface area contributed by atoms with Crippen molar-refractivity contribution in [3.8, 4) is 5.88 Å². The molecule has 2 aromatic heterocycles. The van der Waals surface area contributed by atoms with Gasteiger partial charge in [-0.3, -0.25) is 4.79 Å². The van der Waals surface area contributed by atoms with Crippen molar-refractivity contribution in [3.05, 3.63) is 68.5 Å². The molecule has 0 aliphatic rings. The molecule has 7 nitrogen and oxygen atoms in total. The number of fused-ring (bicyclic) bond motifs is 1. The second-order valence-electron chi connectivity index (χ2n) is 8.09. The second-order valence-corrected chi connectivity index (χ2v) is 8.53. The first kappa shape index (κ1) is 23.8. The Morgan fingerprint density at radius 3 is 2.59 bits per heavy atom. The maximum Gasteiger partial charge on any atom is 0.341 e. The van der Waals surface area contributed by atoms with E-state index >= 15 is 0 Å². The van der Waals surface area contributed by atoms with Crippen molar-refractivity contribution in [3.63, 3.8) is 0 Å². The monoisotopic (exact) mass is 458 g/mol. The Labute approximate surface area is 191 Å². The number of pyridine rings is 2. The minimum Gasteiger partial charge on any atom is -0.481 e. The number of ether oxygens (including phenoxy) is 1. The standard InChI is InChI=1S/C24H27ClN2O5/c1-14(2)20(13-28)27-12-19(24(30)31)21(29)18-11-16(23(32-3)26-22(18)27)8-4-6-15-7-5-9-17(25)10-15/h5,7,9-12,14,20,28H,4,6,8,13H2,1-3H3,(H,30,31)/t20-/m1/s1. The molecule has 0 spiro atoms. The maximum absolute atomic E-state index is 12.9. The Bertz CT molecular complexity index is 1190. The molecule has 0 bridgehead atoms. The van der Waals surface area contributed by atoms with E-state index in [9.17, 15) is 19.8 Å². The van der Waals surface area contributed by atoms with Crippen LogP contribution < -0.4 is 10.2 Å². The van der Waals surface area contributed by atoms with Gasteiger partial charge in [-0.2, -0.15) is 4.98 Å². The van der Waals surface area contributed by atoms with Gasteiger partial charge in [-0.1, -0.05) is 37.6 Å². The maximum atomic E-state index is 12.9. The number of carbonyl (C=O) groups is 1. The highest BCUT2D eigenvalue weighted by atomic mass is 35.5. The van der Waals surface area contributed by atoms with Gasteiger partial charge in [-0.05, 0) is 48.9 Å². The lowest BCUT2D eigenvalue weighted by Crippen LogP contribution is -2.26. The first-order valence-electron chi connectivity index (χ1n) is 10.5. The number of nitrogens with zero attached hydrogens (tertiary/aromatic N) is 2. The van der Waals surface area contributed by atoms with Gasteiger partial charge in [-0.25, -0.2) is 4.79 Å². The molecule has 8 heteroatoms. The summed E-state index contributed by atoms with van der Waals surface area (Å²) in [5, 5.41) is 20.4. The zero-order chi connectivity index (χ0) is 23.4. The quantitative estimate of drug-likeness (QED) is 0.500. The number of carboxylic acid groups (broad SMARTS) is 1. The SMILES string of the molecule is COc1nc2c(cc1CCCc1cccc(Cl)c1)c(=O)c(C(=O)O)cn2[C@H](CO)C(C)C. The molecule has 0 saturated heterocycles. The predicted molar refractivity (Wildman–Crippen MR) is 124 cm³/mol. The van der Waals surface area contributed by atoms with Crippen LogP contribution in [0, 0.1) is 5.92 Å². The molecule has 3 rings (SSSR count). The molecule has 32 heavy (non-hydrogen) atoms. The van der Waals surface area contributed by atoms with Gasteiger partial charge in [0.25, 0.3) is 0 Å². The molecule has 0 fully saturated rings. The van der Waals surface area contributed by atoms with Gasteiger partial charge < -0.3 is 19.5 Å². The van der Waals surface area contributed by atoms with Crippen LogP contribution in [0.15, 0.2) is 41.3 Å². The highest BCUT2D eigenvalue weighted by Gasteiger charge is 2.23. The van der Waals surface area contributed by atoms with Crippen molar-refractivity contribution >= 4 is 28.6 Å². The Morgan fingerprint density at radius 1 is 1.25 bits per heavy atom. The van der Waals surface area contributed by atoms with Gasteiger partial charge in [-0.15, -0.1) is 0 Å². The molecular formula is C24H27ClN2O5. The Morgan fingerprint density at radius 2 is 2.00 bits per heavy atom. The number of hydrogen-bond donors (Lipinski definition) is 2. The van der Waals surface area contributed by atoms with E-state index in [1.54, 1.807) is 10.6 Å². The number of aryl methyl sites for hydroxylation is 2. The van der Waals surface area contributed by atoms with E-state index < -0.39 is 17.4 Å². The zero-order valence-corrected chi connectivity index (χ0v) is 19.1. The van der Waals surface area contributed by atoms with E-state index in [4.69, 9.17) is 16.3 Å². The van der Waals surface area contributed by atoms with Crippen LogP contribution in [0.3, 0.4) is 0 Å². The lowest BCUT2D eigenvalue weighted by atomic mass is 10.0. The van der Waals surface area contributed by atoms with Crippen molar-refractivity contribution < 1.29 is 19.7 Å². The van der Waals surface area contributed by atoms with E-state index in [-0.39, 0.29) is 23.5 Å². The topological polar surface area (TPSA) is 102 Å². The van der Waals surface area contributed by atoms with Crippen molar-refractivity contribution in [2.75, 3.05) is 13.7 Å². The van der Waals surface area contributed by atoms with Gasteiger partial charge >= 0.3 is 5.97 Å². The van der Waals surface area contributed by atoms with Crippen molar-refractivity contribution in [2.24, 2.45) is 5.92 Å². The third-order valence-corrected chi connectivity index (χ3v) is 5.82. The van der Waals surface area contributed by atoms with E-state index in [1.807, 2.05) is 38.1 Å². The van der Waals surface area contributed by atoms with E-state index in [1.165, 1.54) is 13.3 Å². The molecule has 0 radical (unpaired) electrons. The van der Waals surface area contributed by atoms with Crippen LogP contribution in [-0.4, -0.2) is 39.5 Å².